The number of thiazole rings is 1. The van der Waals surface area contributed by atoms with Crippen molar-refractivity contribution < 1.29 is 14.3 Å². The van der Waals surface area contributed by atoms with Gasteiger partial charge in [-0.05, 0) is 24.6 Å². The number of halogens is 2. The molecule has 3 aromatic rings. The Bertz CT molecular complexity index is 1060. The van der Waals surface area contributed by atoms with E-state index in [4.69, 9.17) is 27.9 Å². The number of nitrogens with zero attached hydrogens (tertiary/aromatic N) is 2. The molecule has 27 heavy (non-hydrogen) atoms. The van der Waals surface area contributed by atoms with Crippen LogP contribution in [0.1, 0.15) is 12.5 Å². The lowest BCUT2D eigenvalue weighted by molar-refractivity contribution is -0.143. The Morgan fingerprint density at radius 1 is 1.19 bits per heavy atom. The normalized spacial score (nSPS) is 11.7. The number of esters is 1. The molecule has 0 N–H and O–H groups in total. The Morgan fingerprint density at radius 3 is 2.63 bits per heavy atom. The van der Waals surface area contributed by atoms with Crippen LogP contribution in [0.4, 0.5) is 0 Å². The smallest absolute Gasteiger partial charge is 0.326 e. The van der Waals surface area contributed by atoms with Gasteiger partial charge in [0.2, 0.25) is 0 Å². The molecule has 1 amide bonds. The molecule has 2 aromatic carbocycles. The highest BCUT2D eigenvalue weighted by molar-refractivity contribution is 7.16. The number of carbonyl (C=O) groups is 2. The minimum Gasteiger partial charge on any atom is -0.465 e. The Hall–Kier alpha value is -2.15. The first kappa shape index (κ1) is 19.6. The number of benzene rings is 2. The average molecular weight is 423 g/mol. The zero-order chi connectivity index (χ0) is 19.4. The minimum absolute atomic E-state index is 0.0906. The second kappa shape index (κ2) is 8.69. The molecule has 0 saturated heterocycles. The summed E-state index contributed by atoms with van der Waals surface area (Å²) in [5.74, 6) is -0.743. The lowest BCUT2D eigenvalue weighted by Crippen LogP contribution is -2.23. The molecule has 1 aromatic heterocycles. The molecule has 0 unspecified atom stereocenters. The Kier molecular flexibility index (Phi) is 6.31. The summed E-state index contributed by atoms with van der Waals surface area (Å²) in [7, 11) is 0. The van der Waals surface area contributed by atoms with E-state index in [1.165, 1.54) is 11.3 Å². The summed E-state index contributed by atoms with van der Waals surface area (Å²) in [6.07, 6.45) is 0.170. The number of rotatable bonds is 5. The molecule has 140 valence electrons. The molecule has 0 saturated carbocycles. The minimum atomic E-state index is -0.430. The fraction of sp³-hybridized carbons (Fsp3) is 0.211. The predicted molar refractivity (Wildman–Crippen MR) is 107 cm³/mol. The van der Waals surface area contributed by atoms with Crippen LogP contribution in [-0.4, -0.2) is 23.1 Å². The van der Waals surface area contributed by atoms with E-state index in [1.807, 2.05) is 30.3 Å². The van der Waals surface area contributed by atoms with Crippen molar-refractivity contribution in [2.75, 3.05) is 6.61 Å². The third-order valence-electron chi connectivity index (χ3n) is 3.71. The van der Waals surface area contributed by atoms with Crippen LogP contribution in [0.2, 0.25) is 10.0 Å². The van der Waals surface area contributed by atoms with Crippen molar-refractivity contribution in [2.24, 2.45) is 4.99 Å². The van der Waals surface area contributed by atoms with Crippen molar-refractivity contribution >= 4 is 56.6 Å². The largest absolute Gasteiger partial charge is 0.465 e. The molecule has 0 radical (unpaired) electrons. The third-order valence-corrected chi connectivity index (χ3v) is 5.24. The van der Waals surface area contributed by atoms with Gasteiger partial charge in [0.05, 0.1) is 28.3 Å². The van der Waals surface area contributed by atoms with Gasteiger partial charge < -0.3 is 9.30 Å². The Balaban J connectivity index is 2.06. The first-order chi connectivity index (χ1) is 13.0. The first-order valence-corrected chi connectivity index (χ1v) is 9.80. The van der Waals surface area contributed by atoms with Crippen molar-refractivity contribution in [3.05, 3.63) is 62.9 Å². The van der Waals surface area contributed by atoms with E-state index in [0.29, 0.717) is 20.4 Å². The molecule has 0 aliphatic carbocycles. The molecule has 1 heterocycles. The molecule has 3 rings (SSSR count). The number of ether oxygens (including phenoxy) is 1. The second-order valence-electron chi connectivity index (χ2n) is 5.68. The van der Waals surface area contributed by atoms with Gasteiger partial charge in [-0.3, -0.25) is 9.59 Å². The monoisotopic (exact) mass is 422 g/mol. The van der Waals surface area contributed by atoms with Crippen LogP contribution in [0.5, 0.6) is 0 Å². The zero-order valence-electron chi connectivity index (χ0n) is 14.4. The van der Waals surface area contributed by atoms with Gasteiger partial charge in [0.25, 0.3) is 5.91 Å². The van der Waals surface area contributed by atoms with Crippen LogP contribution in [0.15, 0.2) is 47.5 Å². The number of hydrogen-bond acceptors (Lipinski definition) is 4. The molecule has 8 heteroatoms. The van der Waals surface area contributed by atoms with E-state index in [2.05, 4.69) is 4.99 Å². The maximum atomic E-state index is 12.4. The van der Waals surface area contributed by atoms with Gasteiger partial charge in [-0.2, -0.15) is 4.99 Å². The fourth-order valence-electron chi connectivity index (χ4n) is 2.61. The van der Waals surface area contributed by atoms with Gasteiger partial charge in [-0.25, -0.2) is 0 Å². The third kappa shape index (κ3) is 4.77. The maximum absolute atomic E-state index is 12.4. The number of hydrogen-bond donors (Lipinski definition) is 0. The predicted octanol–water partition coefficient (Wildman–Crippen LogP) is 4.24. The topological polar surface area (TPSA) is 60.7 Å². The quantitative estimate of drug-likeness (QED) is 0.577. The molecular weight excluding hydrogens is 407 g/mol. The molecule has 0 fully saturated rings. The van der Waals surface area contributed by atoms with Crippen LogP contribution < -0.4 is 4.80 Å². The van der Waals surface area contributed by atoms with E-state index in [1.54, 1.807) is 23.6 Å². The average Bonchev–Trinajstić information content (AvgIpc) is 2.92. The summed E-state index contributed by atoms with van der Waals surface area (Å²) in [6, 6.07) is 12.7. The van der Waals surface area contributed by atoms with E-state index < -0.39 is 5.97 Å². The van der Waals surface area contributed by atoms with Gasteiger partial charge in [-0.15, -0.1) is 0 Å². The lowest BCUT2D eigenvalue weighted by atomic mass is 10.1. The molecule has 0 spiro atoms. The van der Waals surface area contributed by atoms with Crippen LogP contribution in [0.3, 0.4) is 0 Å². The number of carbonyl (C=O) groups excluding carboxylic acids is 2. The SMILES string of the molecule is CCOC(=O)Cn1c(=NC(=O)Cc2ccccc2)sc2cc(Cl)cc(Cl)c21. The summed E-state index contributed by atoms with van der Waals surface area (Å²) in [5.41, 5.74) is 1.47. The summed E-state index contributed by atoms with van der Waals surface area (Å²) in [6.45, 7) is 1.91. The van der Waals surface area contributed by atoms with E-state index in [-0.39, 0.29) is 25.5 Å². The molecule has 0 bridgehead atoms. The van der Waals surface area contributed by atoms with Crippen molar-refractivity contribution in [3.63, 3.8) is 0 Å². The molecule has 0 aliphatic heterocycles. The zero-order valence-corrected chi connectivity index (χ0v) is 16.8. The molecule has 0 atom stereocenters. The standard InChI is InChI=1S/C19H16Cl2N2O3S/c1-2-26-17(25)11-23-18-14(21)9-13(20)10-15(18)27-19(23)22-16(24)8-12-6-4-3-5-7-12/h3-7,9-10H,2,8,11H2,1H3. The van der Waals surface area contributed by atoms with Crippen molar-refractivity contribution in [3.8, 4) is 0 Å². The van der Waals surface area contributed by atoms with Crippen LogP contribution in [-0.2, 0) is 27.3 Å². The van der Waals surface area contributed by atoms with E-state index >= 15 is 0 Å². The second-order valence-corrected chi connectivity index (χ2v) is 7.53. The summed E-state index contributed by atoms with van der Waals surface area (Å²) in [4.78, 5) is 29.0. The van der Waals surface area contributed by atoms with Gasteiger partial charge in [0.1, 0.15) is 6.54 Å². The highest BCUT2D eigenvalue weighted by atomic mass is 35.5. The first-order valence-electron chi connectivity index (χ1n) is 8.23. The summed E-state index contributed by atoms with van der Waals surface area (Å²) in [5, 5.41) is 0.856. The molecule has 0 aliphatic rings. The molecule has 5 nitrogen and oxygen atoms in total. The van der Waals surface area contributed by atoms with E-state index in [0.717, 1.165) is 10.3 Å². The fourth-order valence-corrected chi connectivity index (χ4v) is 4.44. The number of fused-ring (bicyclic) bond motifs is 1. The van der Waals surface area contributed by atoms with E-state index in [9.17, 15) is 9.59 Å². The highest BCUT2D eigenvalue weighted by Crippen LogP contribution is 2.29. The van der Waals surface area contributed by atoms with Gasteiger partial charge in [0.15, 0.2) is 4.80 Å². The van der Waals surface area contributed by atoms with Gasteiger partial charge in [-0.1, -0.05) is 64.9 Å². The number of amides is 1. The molecular formula is C19H16Cl2N2O3S. The Labute approximate surface area is 169 Å². The van der Waals surface area contributed by atoms with Crippen molar-refractivity contribution in [1.82, 2.24) is 4.57 Å². The van der Waals surface area contributed by atoms with Gasteiger partial charge >= 0.3 is 5.97 Å². The summed E-state index contributed by atoms with van der Waals surface area (Å²) >= 11 is 13.7. The number of aromatic nitrogens is 1. The maximum Gasteiger partial charge on any atom is 0.326 e. The van der Waals surface area contributed by atoms with Crippen molar-refractivity contribution in [2.45, 2.75) is 19.9 Å². The van der Waals surface area contributed by atoms with Gasteiger partial charge in [0, 0.05) is 5.02 Å². The van der Waals surface area contributed by atoms with Crippen LogP contribution in [0, 0.1) is 0 Å². The van der Waals surface area contributed by atoms with Crippen LogP contribution in [0.25, 0.3) is 10.2 Å². The summed E-state index contributed by atoms with van der Waals surface area (Å²) < 4.78 is 7.37. The Morgan fingerprint density at radius 2 is 1.93 bits per heavy atom. The lowest BCUT2D eigenvalue weighted by Gasteiger charge is -2.06. The van der Waals surface area contributed by atoms with Crippen LogP contribution >= 0.6 is 34.5 Å². The highest BCUT2D eigenvalue weighted by Gasteiger charge is 2.15. The van der Waals surface area contributed by atoms with Crippen molar-refractivity contribution in [1.29, 1.82) is 0 Å².